The fourth-order valence-electron chi connectivity index (χ4n) is 5.93. The maximum Gasteiger partial charge on any atom is 0.243 e. The van der Waals surface area contributed by atoms with Crippen LogP contribution in [0.2, 0.25) is 0 Å². The van der Waals surface area contributed by atoms with Gasteiger partial charge in [-0.3, -0.25) is 19.8 Å². The molecule has 0 bridgehead atoms. The number of aliphatic hydroxyl groups is 1. The van der Waals surface area contributed by atoms with E-state index in [2.05, 4.69) is 40.4 Å². The van der Waals surface area contributed by atoms with Crippen molar-refractivity contribution in [3.8, 4) is 11.1 Å². The number of hydrogen-bond donors (Lipinski definition) is 4. The lowest BCUT2D eigenvalue weighted by molar-refractivity contribution is -0.252. The van der Waals surface area contributed by atoms with Gasteiger partial charge in [0.25, 0.3) is 0 Å². The van der Waals surface area contributed by atoms with E-state index in [9.17, 15) is 14.7 Å². The summed E-state index contributed by atoms with van der Waals surface area (Å²) in [7, 11) is 2.11. The van der Waals surface area contributed by atoms with Gasteiger partial charge in [0.1, 0.15) is 0 Å². The summed E-state index contributed by atoms with van der Waals surface area (Å²) in [5.74, 6) is -0.523. The maximum atomic E-state index is 12.3. The average molecular weight is 667 g/mol. The predicted molar refractivity (Wildman–Crippen MR) is 186 cm³/mol. The first-order valence-corrected chi connectivity index (χ1v) is 16.9. The quantitative estimate of drug-likeness (QED) is 0.0686. The third-order valence-electron chi connectivity index (χ3n) is 8.72. The van der Waals surface area contributed by atoms with Gasteiger partial charge in [-0.05, 0) is 65.9 Å². The number of benzene rings is 3. The van der Waals surface area contributed by atoms with Crippen LogP contribution in [0.5, 0.6) is 0 Å². The van der Waals surface area contributed by atoms with E-state index in [1.54, 1.807) is 5.48 Å². The highest BCUT2D eigenvalue weighted by Gasteiger charge is 2.32. The van der Waals surface area contributed by atoms with Crippen LogP contribution in [0.15, 0.2) is 97.2 Å². The van der Waals surface area contributed by atoms with Gasteiger partial charge in [-0.2, -0.15) is 0 Å². The Morgan fingerprint density at radius 1 is 0.857 bits per heavy atom. The lowest BCUT2D eigenvalue weighted by Crippen LogP contribution is -2.38. The number of rotatable bonds is 16. The number of hydroxylamine groups is 1. The summed E-state index contributed by atoms with van der Waals surface area (Å²) in [6.07, 6.45) is 4.26. The van der Waals surface area contributed by atoms with Crippen LogP contribution in [0.3, 0.4) is 0 Å². The van der Waals surface area contributed by atoms with Crippen LogP contribution in [0, 0.1) is 0 Å². The van der Waals surface area contributed by atoms with Crippen LogP contribution >= 0.6 is 0 Å². The Kier molecular flexibility index (Phi) is 13.4. The summed E-state index contributed by atoms with van der Waals surface area (Å²) >= 11 is 0. The molecule has 2 heterocycles. The van der Waals surface area contributed by atoms with E-state index in [1.807, 2.05) is 79.0 Å². The normalized spacial score (nSPS) is 17.5. The molecular weight excluding hydrogens is 620 g/mol. The molecule has 0 aliphatic carbocycles. The lowest BCUT2D eigenvalue weighted by Gasteiger charge is -2.38. The Bertz CT molecular complexity index is 1620. The second-order valence-corrected chi connectivity index (χ2v) is 12.5. The molecule has 0 unspecified atom stereocenters. The Morgan fingerprint density at radius 3 is 2.33 bits per heavy atom. The zero-order chi connectivity index (χ0) is 34.4. The molecule has 10 heteroatoms. The molecule has 1 aliphatic heterocycles. The molecule has 49 heavy (non-hydrogen) atoms. The molecule has 3 atom stereocenters. The molecule has 4 N–H and O–H groups in total. The van der Waals surface area contributed by atoms with Crippen LogP contribution in [0.25, 0.3) is 11.1 Å². The molecule has 2 amide bonds. The van der Waals surface area contributed by atoms with Gasteiger partial charge in [0.15, 0.2) is 6.29 Å². The van der Waals surface area contributed by atoms with Gasteiger partial charge in [-0.1, -0.05) is 72.8 Å². The van der Waals surface area contributed by atoms with Gasteiger partial charge in [0.2, 0.25) is 11.8 Å². The number of likely N-dealkylation sites (N-methyl/N-ethyl adjacent to an activating group) is 1. The number of carbonyl (C=O) groups excluding carboxylic acids is 2. The molecule has 10 nitrogen and oxygen atoms in total. The Balaban J connectivity index is 1.21. The molecule has 1 fully saturated rings. The summed E-state index contributed by atoms with van der Waals surface area (Å²) in [6.45, 7) is 2.02. The molecule has 1 saturated heterocycles. The lowest BCUT2D eigenvalue weighted by atomic mass is 9.99. The number of aliphatic hydroxyl groups excluding tert-OH is 1. The number of nitrogens with zero attached hydrogens (tertiary/aromatic N) is 2. The highest BCUT2D eigenvalue weighted by molar-refractivity contribution is 5.76. The Morgan fingerprint density at radius 2 is 1.61 bits per heavy atom. The number of nitrogens with one attached hydrogen (secondary N) is 2. The number of ether oxygens (including phenoxy) is 2. The number of aromatic nitrogens is 1. The number of carbonyl (C=O) groups is 2. The Hall–Kier alpha value is -4.45. The topological polar surface area (TPSA) is 133 Å². The van der Waals surface area contributed by atoms with Crippen LogP contribution in [-0.4, -0.2) is 58.3 Å². The van der Waals surface area contributed by atoms with Crippen molar-refractivity contribution in [3.05, 3.63) is 125 Å². The van der Waals surface area contributed by atoms with E-state index < -0.39 is 12.2 Å². The number of hydrogen-bond acceptors (Lipinski definition) is 8. The predicted octanol–water partition coefficient (Wildman–Crippen LogP) is 5.64. The fourth-order valence-corrected chi connectivity index (χ4v) is 5.93. The molecule has 1 aliphatic rings. The van der Waals surface area contributed by atoms with E-state index in [0.29, 0.717) is 32.2 Å². The van der Waals surface area contributed by atoms with Crippen molar-refractivity contribution in [1.29, 1.82) is 0 Å². The van der Waals surface area contributed by atoms with E-state index in [4.69, 9.17) is 14.7 Å². The molecule has 4 aromatic rings. The summed E-state index contributed by atoms with van der Waals surface area (Å²) < 4.78 is 13.1. The number of amides is 2. The van der Waals surface area contributed by atoms with Gasteiger partial charge >= 0.3 is 0 Å². The molecule has 3 aromatic carbocycles. The van der Waals surface area contributed by atoms with Gasteiger partial charge in [0.05, 0.1) is 18.8 Å². The molecule has 0 saturated carbocycles. The van der Waals surface area contributed by atoms with Gasteiger partial charge < -0.3 is 24.8 Å². The summed E-state index contributed by atoms with van der Waals surface area (Å²) in [5, 5.41) is 21.1. The number of pyridine rings is 1. The highest BCUT2D eigenvalue weighted by atomic mass is 16.7. The van der Waals surface area contributed by atoms with Crippen molar-refractivity contribution in [2.75, 3.05) is 20.1 Å². The molecule has 0 radical (unpaired) electrons. The summed E-state index contributed by atoms with van der Waals surface area (Å²) in [5.41, 5.74) is 8.58. The second kappa shape index (κ2) is 18.4. The first kappa shape index (κ1) is 35.8. The van der Waals surface area contributed by atoms with Crippen LogP contribution < -0.4 is 10.8 Å². The smallest absolute Gasteiger partial charge is 0.243 e. The van der Waals surface area contributed by atoms with Crippen molar-refractivity contribution < 1.29 is 29.4 Å². The SMILES string of the molecule is CN(CCc1ccccn1)C[C@@H]1C[C@H](c2ccc(CO)cc2)O[C@H](c2ccc(-c3cccc(CNC(=O)CCCCC(=O)NO)c3)cc2)O1. The minimum Gasteiger partial charge on any atom is -0.392 e. The van der Waals surface area contributed by atoms with Gasteiger partial charge in [0, 0.05) is 62.8 Å². The van der Waals surface area contributed by atoms with Crippen LogP contribution in [0.4, 0.5) is 0 Å². The molecule has 1 aromatic heterocycles. The zero-order valence-corrected chi connectivity index (χ0v) is 28.0. The highest BCUT2D eigenvalue weighted by Crippen LogP contribution is 2.38. The Labute approximate surface area is 288 Å². The van der Waals surface area contributed by atoms with Gasteiger partial charge in [-0.15, -0.1) is 0 Å². The van der Waals surface area contributed by atoms with Crippen LogP contribution in [0.1, 0.15) is 72.4 Å². The van der Waals surface area contributed by atoms with Crippen molar-refractivity contribution in [1.82, 2.24) is 20.7 Å². The number of unbranched alkanes of at least 4 members (excludes halogenated alkanes) is 1. The van der Waals surface area contributed by atoms with Crippen molar-refractivity contribution in [2.24, 2.45) is 0 Å². The third-order valence-corrected chi connectivity index (χ3v) is 8.72. The molecule has 258 valence electrons. The standard InChI is InChI=1S/C39H46N4O6/c1-43(22-20-34-9-4-5-21-40-34)26-35-24-36(31-14-12-28(27-44)13-15-31)49-39(48-35)32-18-16-30(17-19-32)33-8-6-7-29(23-33)25-41-37(45)10-2-3-11-38(46)42-47/h4-9,12-19,21,23,35-36,39,44,47H,2-3,10-11,20,22,24-27H2,1H3,(H,41,45)(H,42,46)/t35-,36+,39+/m0/s1. The first-order chi connectivity index (χ1) is 23.9. The summed E-state index contributed by atoms with van der Waals surface area (Å²) in [4.78, 5) is 30.2. The molecular formula is C39H46N4O6. The van der Waals surface area contributed by atoms with E-state index in [-0.39, 0.29) is 31.1 Å². The third kappa shape index (κ3) is 11.0. The maximum absolute atomic E-state index is 12.3. The second-order valence-electron chi connectivity index (χ2n) is 12.5. The fraction of sp³-hybridized carbons (Fsp3) is 0.359. The average Bonchev–Trinajstić information content (AvgIpc) is 3.15. The van der Waals surface area contributed by atoms with Gasteiger partial charge in [-0.25, -0.2) is 5.48 Å². The summed E-state index contributed by atoms with van der Waals surface area (Å²) in [6, 6.07) is 30.2. The van der Waals surface area contributed by atoms with E-state index >= 15 is 0 Å². The van der Waals surface area contributed by atoms with Crippen molar-refractivity contribution >= 4 is 11.8 Å². The van der Waals surface area contributed by atoms with Crippen molar-refractivity contribution in [3.63, 3.8) is 0 Å². The van der Waals surface area contributed by atoms with Crippen LogP contribution in [-0.2, 0) is 38.6 Å². The monoisotopic (exact) mass is 666 g/mol. The first-order valence-electron chi connectivity index (χ1n) is 16.9. The minimum atomic E-state index is -0.543. The molecule has 5 rings (SSSR count). The van der Waals surface area contributed by atoms with E-state index in [1.165, 1.54) is 0 Å². The molecule has 0 spiro atoms. The largest absolute Gasteiger partial charge is 0.392 e. The van der Waals surface area contributed by atoms with E-state index in [0.717, 1.165) is 58.6 Å². The zero-order valence-electron chi connectivity index (χ0n) is 28.0. The van der Waals surface area contributed by atoms with Crippen molar-refractivity contribution in [2.45, 2.75) is 70.2 Å². The minimum absolute atomic E-state index is 0.000172.